The highest BCUT2D eigenvalue weighted by molar-refractivity contribution is 7.92. The monoisotopic (exact) mass is 561 g/mol. The Hall–Kier alpha value is -4.01. The molecule has 11 nitrogen and oxygen atoms in total. The molecule has 0 unspecified atom stereocenters. The molecule has 15 heteroatoms. The van der Waals surface area contributed by atoms with Crippen molar-refractivity contribution in [3.8, 4) is 0 Å². The number of hydrogen-bond donors (Lipinski definition) is 3. The standard InChI is InChI=1S/C21H25N3O6S.C2HF3O2/c1-3-30-21(27)24-12-10-23(11-13-24)19-9-6-16(20(25)26)14-18(19)22-31(28,29)17-7-4-15(2)5-8-17;3-2(4,5)1(6)7/h4-9,14,22H,3,10-13H2,1-2H3,(H,25,26);(H,6,7). The summed E-state index contributed by atoms with van der Waals surface area (Å²) in [4.78, 5) is 35.8. The molecule has 0 spiro atoms. The summed E-state index contributed by atoms with van der Waals surface area (Å²) in [6.45, 7) is 5.60. The maximum atomic E-state index is 12.9. The fourth-order valence-electron chi connectivity index (χ4n) is 3.29. The van der Waals surface area contributed by atoms with Gasteiger partial charge < -0.3 is 24.7 Å². The van der Waals surface area contributed by atoms with Crippen LogP contribution in [0.1, 0.15) is 22.8 Å². The van der Waals surface area contributed by atoms with Crippen LogP contribution in [0, 0.1) is 6.92 Å². The largest absolute Gasteiger partial charge is 0.490 e. The number of amides is 1. The fraction of sp³-hybridized carbons (Fsp3) is 0.348. The molecule has 1 saturated heterocycles. The Bertz CT molecular complexity index is 1260. The number of hydrogen-bond acceptors (Lipinski definition) is 7. The van der Waals surface area contributed by atoms with Crippen LogP contribution >= 0.6 is 0 Å². The molecule has 1 heterocycles. The highest BCUT2D eigenvalue weighted by atomic mass is 32.2. The summed E-state index contributed by atoms with van der Waals surface area (Å²) in [6.07, 6.45) is -5.47. The van der Waals surface area contributed by atoms with Gasteiger partial charge in [-0.3, -0.25) is 4.72 Å². The summed E-state index contributed by atoms with van der Waals surface area (Å²) in [5, 5.41) is 16.5. The molecule has 0 aromatic heterocycles. The van der Waals surface area contributed by atoms with Gasteiger partial charge in [-0.15, -0.1) is 0 Å². The number of aromatic carboxylic acids is 1. The van der Waals surface area contributed by atoms with Crippen LogP contribution in [0.25, 0.3) is 0 Å². The normalized spacial score (nSPS) is 13.7. The topological polar surface area (TPSA) is 154 Å². The molecule has 2 aromatic rings. The molecule has 0 radical (unpaired) electrons. The lowest BCUT2D eigenvalue weighted by molar-refractivity contribution is -0.192. The van der Waals surface area contributed by atoms with Crippen LogP contribution in [0.3, 0.4) is 0 Å². The van der Waals surface area contributed by atoms with E-state index in [1.54, 1.807) is 30.0 Å². The Labute approximate surface area is 216 Å². The average Bonchev–Trinajstić information content (AvgIpc) is 2.84. The number of carbonyl (C=O) groups is 3. The quantitative estimate of drug-likeness (QED) is 0.482. The summed E-state index contributed by atoms with van der Waals surface area (Å²) >= 11 is 0. The molecule has 2 aromatic carbocycles. The average molecular weight is 562 g/mol. The first-order valence-corrected chi connectivity index (χ1v) is 12.6. The summed E-state index contributed by atoms with van der Waals surface area (Å²) in [5.41, 5.74) is 1.61. The third kappa shape index (κ3) is 8.26. The molecule has 1 fully saturated rings. The Morgan fingerprint density at radius 3 is 2.03 bits per heavy atom. The van der Waals surface area contributed by atoms with Crippen molar-refractivity contribution in [3.05, 3.63) is 53.6 Å². The number of benzene rings is 2. The van der Waals surface area contributed by atoms with Crippen LogP contribution in [0.15, 0.2) is 47.4 Å². The number of aliphatic carboxylic acids is 1. The second-order valence-corrected chi connectivity index (χ2v) is 9.61. The summed E-state index contributed by atoms with van der Waals surface area (Å²) in [6, 6.07) is 10.7. The molecule has 0 aliphatic carbocycles. The molecule has 208 valence electrons. The Kier molecular flexibility index (Phi) is 9.93. The summed E-state index contributed by atoms with van der Waals surface area (Å²) in [5.74, 6) is -3.91. The van der Waals surface area contributed by atoms with Gasteiger partial charge in [0.25, 0.3) is 10.0 Å². The van der Waals surface area contributed by atoms with E-state index < -0.39 is 28.1 Å². The van der Waals surface area contributed by atoms with E-state index >= 15 is 0 Å². The minimum absolute atomic E-state index is 0.0319. The SMILES string of the molecule is CCOC(=O)N1CCN(c2ccc(C(=O)O)cc2NS(=O)(=O)c2ccc(C)cc2)CC1.O=C(O)C(F)(F)F. The van der Waals surface area contributed by atoms with E-state index in [0.717, 1.165) is 5.56 Å². The first kappa shape index (κ1) is 30.2. The van der Waals surface area contributed by atoms with Crippen molar-refractivity contribution in [1.82, 2.24) is 4.90 Å². The minimum atomic E-state index is -5.08. The molecule has 1 amide bonds. The van der Waals surface area contributed by atoms with Crippen molar-refractivity contribution in [3.63, 3.8) is 0 Å². The number of alkyl halides is 3. The highest BCUT2D eigenvalue weighted by Crippen LogP contribution is 2.30. The van der Waals surface area contributed by atoms with Crippen LogP contribution in [0.5, 0.6) is 0 Å². The third-order valence-corrected chi connectivity index (χ3v) is 6.59. The van der Waals surface area contributed by atoms with Crippen LogP contribution < -0.4 is 9.62 Å². The number of carbonyl (C=O) groups excluding carboxylic acids is 1. The third-order valence-electron chi connectivity index (χ3n) is 5.21. The maximum absolute atomic E-state index is 12.9. The van der Waals surface area contributed by atoms with Gasteiger partial charge in [0.1, 0.15) is 0 Å². The van der Waals surface area contributed by atoms with E-state index in [1.165, 1.54) is 24.3 Å². The zero-order valence-corrected chi connectivity index (χ0v) is 21.2. The van der Waals surface area contributed by atoms with E-state index in [2.05, 4.69) is 4.72 Å². The maximum Gasteiger partial charge on any atom is 0.490 e. The number of sulfonamides is 1. The zero-order chi connectivity index (χ0) is 28.7. The van der Waals surface area contributed by atoms with Gasteiger partial charge in [0.05, 0.1) is 28.4 Å². The molecule has 3 rings (SSSR count). The van der Waals surface area contributed by atoms with Crippen molar-refractivity contribution < 1.29 is 50.9 Å². The van der Waals surface area contributed by atoms with Gasteiger partial charge >= 0.3 is 24.2 Å². The lowest BCUT2D eigenvalue weighted by atomic mass is 10.1. The second-order valence-electron chi connectivity index (χ2n) is 7.93. The van der Waals surface area contributed by atoms with Crippen molar-refractivity contribution in [2.45, 2.75) is 24.9 Å². The minimum Gasteiger partial charge on any atom is -0.478 e. The number of aryl methyl sites for hydroxylation is 1. The Morgan fingerprint density at radius 2 is 1.55 bits per heavy atom. The number of ether oxygens (including phenoxy) is 1. The van der Waals surface area contributed by atoms with Gasteiger partial charge in [0, 0.05) is 26.2 Å². The first-order chi connectivity index (χ1) is 17.7. The molecular formula is C23H26F3N3O8S. The van der Waals surface area contributed by atoms with Gasteiger partial charge in [-0.25, -0.2) is 22.8 Å². The van der Waals surface area contributed by atoms with Crippen LogP contribution in [-0.2, 0) is 19.6 Å². The van der Waals surface area contributed by atoms with E-state index in [4.69, 9.17) is 14.6 Å². The molecule has 0 atom stereocenters. The number of carboxylic acid groups (broad SMARTS) is 2. The number of rotatable bonds is 6. The van der Waals surface area contributed by atoms with Gasteiger partial charge in [0.2, 0.25) is 0 Å². The van der Waals surface area contributed by atoms with Crippen LogP contribution in [-0.4, -0.2) is 80.5 Å². The number of piperazine rings is 1. The Balaban J connectivity index is 0.000000638. The molecular weight excluding hydrogens is 535 g/mol. The molecule has 38 heavy (non-hydrogen) atoms. The summed E-state index contributed by atoms with van der Waals surface area (Å²) < 4.78 is 65.1. The van der Waals surface area contributed by atoms with Crippen molar-refractivity contribution in [2.75, 3.05) is 42.4 Å². The number of carboxylic acids is 2. The van der Waals surface area contributed by atoms with E-state index in [0.29, 0.717) is 38.5 Å². The van der Waals surface area contributed by atoms with Crippen molar-refractivity contribution in [1.29, 1.82) is 0 Å². The predicted molar refractivity (Wildman–Crippen MR) is 130 cm³/mol. The lowest BCUT2D eigenvalue weighted by Crippen LogP contribution is -2.49. The number of nitrogens with zero attached hydrogens (tertiary/aromatic N) is 2. The van der Waals surface area contributed by atoms with Gasteiger partial charge in [-0.2, -0.15) is 13.2 Å². The van der Waals surface area contributed by atoms with E-state index in [9.17, 15) is 36.3 Å². The van der Waals surface area contributed by atoms with Crippen LogP contribution in [0.2, 0.25) is 0 Å². The van der Waals surface area contributed by atoms with Gasteiger partial charge in [-0.1, -0.05) is 17.7 Å². The van der Waals surface area contributed by atoms with E-state index in [1.807, 2.05) is 11.8 Å². The molecule has 0 bridgehead atoms. The first-order valence-electron chi connectivity index (χ1n) is 11.1. The predicted octanol–water partition coefficient (Wildman–Crippen LogP) is 3.41. The highest BCUT2D eigenvalue weighted by Gasteiger charge is 2.38. The molecule has 3 N–H and O–H groups in total. The van der Waals surface area contributed by atoms with Crippen LogP contribution in [0.4, 0.5) is 29.3 Å². The van der Waals surface area contributed by atoms with E-state index in [-0.39, 0.29) is 22.2 Å². The molecule has 1 aliphatic rings. The van der Waals surface area contributed by atoms with Gasteiger partial charge in [0.15, 0.2) is 0 Å². The summed E-state index contributed by atoms with van der Waals surface area (Å²) in [7, 11) is -3.92. The zero-order valence-electron chi connectivity index (χ0n) is 20.4. The fourth-order valence-corrected chi connectivity index (χ4v) is 4.36. The van der Waals surface area contributed by atoms with Crippen molar-refractivity contribution in [2.24, 2.45) is 0 Å². The second kappa shape index (κ2) is 12.5. The van der Waals surface area contributed by atoms with Gasteiger partial charge in [-0.05, 0) is 44.2 Å². The smallest absolute Gasteiger partial charge is 0.478 e. The molecule has 1 aliphatic heterocycles. The number of nitrogens with one attached hydrogen (secondary N) is 1. The molecule has 0 saturated carbocycles. The number of halogens is 3. The lowest BCUT2D eigenvalue weighted by Gasteiger charge is -2.36. The number of anilines is 2. The van der Waals surface area contributed by atoms with Crippen molar-refractivity contribution >= 4 is 39.4 Å². The Morgan fingerprint density at radius 1 is 1.00 bits per heavy atom.